The van der Waals surface area contributed by atoms with Gasteiger partial charge in [-0.25, -0.2) is 0 Å². The van der Waals surface area contributed by atoms with Gasteiger partial charge in [0.15, 0.2) is 0 Å². The molecule has 0 heterocycles. The fraction of sp³-hybridized carbons (Fsp3) is 0.176. The number of fused-ring (bicyclic) bond motifs is 6. The third kappa shape index (κ3) is 4.04. The summed E-state index contributed by atoms with van der Waals surface area (Å²) in [6.45, 7) is 2.32. The highest BCUT2D eigenvalue weighted by Crippen LogP contribution is 2.55. The van der Waals surface area contributed by atoms with Crippen LogP contribution in [0.15, 0.2) is 106 Å². The summed E-state index contributed by atoms with van der Waals surface area (Å²) < 4.78 is 2.15. The lowest BCUT2D eigenvalue weighted by atomic mass is 9.85. The van der Waals surface area contributed by atoms with Gasteiger partial charge in [0.05, 0.1) is 5.69 Å². The molecule has 182 valence electrons. The van der Waals surface area contributed by atoms with Gasteiger partial charge in [0.25, 0.3) is 0 Å². The first-order chi connectivity index (χ1) is 18.0. The average Bonchev–Trinajstić information content (AvgIpc) is 3.54. The molecule has 5 aromatic rings. The Hall–Kier alpha value is -2.88. The summed E-state index contributed by atoms with van der Waals surface area (Å²) in [5, 5.41) is 2.50. The molecule has 3 heteroatoms. The molecule has 0 N–H and O–H groups in total. The Morgan fingerprint density at radius 1 is 0.676 bits per heavy atom. The minimum atomic E-state index is 0.751. The Kier molecular flexibility index (Phi) is 5.75. The first-order valence-electron chi connectivity index (χ1n) is 13.0. The first kappa shape index (κ1) is 23.3. The number of nitrogens with zero attached hydrogens (tertiary/aromatic N) is 1. The second-order valence-corrected chi connectivity index (χ2v) is 12.3. The number of hydrogen-bond donors (Lipinski definition) is 0. The normalized spacial score (nSPS) is 17.8. The number of rotatable bonds is 4. The van der Waals surface area contributed by atoms with Crippen molar-refractivity contribution in [2.75, 3.05) is 4.90 Å². The minimum absolute atomic E-state index is 0.751. The fourth-order valence-corrected chi connectivity index (χ4v) is 7.19. The molecule has 1 saturated carbocycles. The average molecular weight is 609 g/mol. The van der Waals surface area contributed by atoms with E-state index in [1.54, 1.807) is 11.1 Å². The zero-order valence-electron chi connectivity index (χ0n) is 20.7. The van der Waals surface area contributed by atoms with Gasteiger partial charge >= 0.3 is 0 Å². The van der Waals surface area contributed by atoms with Crippen molar-refractivity contribution >= 4 is 59.7 Å². The first-order valence-corrected chi connectivity index (χ1v) is 14.6. The number of halogens is 2. The van der Waals surface area contributed by atoms with Gasteiger partial charge in [0.1, 0.15) is 0 Å². The Morgan fingerprint density at radius 2 is 1.30 bits per heavy atom. The highest BCUT2D eigenvalue weighted by Gasteiger charge is 2.38. The van der Waals surface area contributed by atoms with Crippen LogP contribution in [0.3, 0.4) is 0 Å². The molecule has 2 bridgehead atoms. The molecular formula is C34H27Br2N. The van der Waals surface area contributed by atoms with Crippen LogP contribution in [0, 0.1) is 6.92 Å². The van der Waals surface area contributed by atoms with E-state index in [0.29, 0.717) is 0 Å². The summed E-state index contributed by atoms with van der Waals surface area (Å²) in [4.78, 5) is 2.38. The number of hydrogen-bond acceptors (Lipinski definition) is 1. The maximum absolute atomic E-state index is 3.62. The van der Waals surface area contributed by atoms with Crippen LogP contribution in [-0.2, 0) is 0 Å². The van der Waals surface area contributed by atoms with Crippen molar-refractivity contribution in [1.82, 2.24) is 0 Å². The largest absolute Gasteiger partial charge is 0.310 e. The van der Waals surface area contributed by atoms with Crippen LogP contribution < -0.4 is 4.90 Å². The quantitative estimate of drug-likeness (QED) is 0.196. The molecule has 2 aliphatic carbocycles. The molecule has 1 fully saturated rings. The number of anilines is 3. The van der Waals surface area contributed by atoms with E-state index in [4.69, 9.17) is 0 Å². The van der Waals surface area contributed by atoms with Crippen LogP contribution in [-0.4, -0.2) is 0 Å². The van der Waals surface area contributed by atoms with Crippen molar-refractivity contribution in [2.45, 2.75) is 38.0 Å². The van der Waals surface area contributed by atoms with Crippen molar-refractivity contribution in [3.8, 4) is 11.1 Å². The summed E-state index contributed by atoms with van der Waals surface area (Å²) in [5.74, 6) is 1.53. The van der Waals surface area contributed by atoms with Gasteiger partial charge in [-0.15, -0.1) is 0 Å². The van der Waals surface area contributed by atoms with Crippen molar-refractivity contribution < 1.29 is 0 Å². The topological polar surface area (TPSA) is 3.24 Å². The Morgan fingerprint density at radius 3 is 2.00 bits per heavy atom. The zero-order chi connectivity index (χ0) is 25.1. The lowest BCUT2D eigenvalue weighted by Crippen LogP contribution is -2.10. The summed E-state index contributed by atoms with van der Waals surface area (Å²) >= 11 is 7.24. The third-order valence-electron chi connectivity index (χ3n) is 8.28. The van der Waals surface area contributed by atoms with E-state index in [0.717, 1.165) is 32.2 Å². The van der Waals surface area contributed by atoms with Gasteiger partial charge < -0.3 is 4.90 Å². The lowest BCUT2D eigenvalue weighted by molar-refractivity contribution is 0.714. The monoisotopic (exact) mass is 607 g/mol. The van der Waals surface area contributed by atoms with Gasteiger partial charge in [0, 0.05) is 25.7 Å². The maximum atomic E-state index is 3.62. The molecule has 0 radical (unpaired) electrons. The predicted octanol–water partition coefficient (Wildman–Crippen LogP) is 11.2. The summed E-state index contributed by atoms with van der Waals surface area (Å²) in [6.07, 6.45) is 4.07. The Balaban J connectivity index is 1.46. The predicted molar refractivity (Wildman–Crippen MR) is 164 cm³/mol. The highest BCUT2D eigenvalue weighted by atomic mass is 79.9. The second-order valence-electron chi connectivity index (χ2n) is 10.5. The van der Waals surface area contributed by atoms with Gasteiger partial charge in [-0.1, -0.05) is 68.3 Å². The summed E-state index contributed by atoms with van der Waals surface area (Å²) in [7, 11) is 0. The van der Waals surface area contributed by atoms with Gasteiger partial charge in [-0.3, -0.25) is 0 Å². The maximum Gasteiger partial charge on any atom is 0.0546 e. The van der Waals surface area contributed by atoms with E-state index in [9.17, 15) is 0 Å². The van der Waals surface area contributed by atoms with E-state index in [-0.39, 0.29) is 0 Å². The Labute approximate surface area is 235 Å². The van der Waals surface area contributed by atoms with Crippen molar-refractivity contribution in [3.63, 3.8) is 0 Å². The molecule has 5 aromatic carbocycles. The van der Waals surface area contributed by atoms with E-state index < -0.39 is 0 Å². The molecule has 2 aliphatic rings. The third-order valence-corrected chi connectivity index (χ3v) is 9.34. The summed E-state index contributed by atoms with van der Waals surface area (Å²) in [5.41, 5.74) is 10.8. The molecule has 0 aromatic heterocycles. The molecule has 0 aliphatic heterocycles. The molecular weight excluding hydrogens is 582 g/mol. The Bertz CT molecular complexity index is 1590. The molecule has 37 heavy (non-hydrogen) atoms. The number of benzene rings is 5. The van der Waals surface area contributed by atoms with Gasteiger partial charge in [0.2, 0.25) is 0 Å². The van der Waals surface area contributed by atoms with Crippen LogP contribution in [0.2, 0.25) is 0 Å². The van der Waals surface area contributed by atoms with Crippen molar-refractivity contribution in [3.05, 3.63) is 123 Å². The molecule has 0 amide bonds. The van der Waals surface area contributed by atoms with Crippen molar-refractivity contribution in [2.24, 2.45) is 0 Å². The van der Waals surface area contributed by atoms with Gasteiger partial charge in [-0.2, -0.15) is 0 Å². The van der Waals surface area contributed by atoms with E-state index in [2.05, 4.69) is 141 Å². The van der Waals surface area contributed by atoms with Crippen molar-refractivity contribution in [1.29, 1.82) is 0 Å². The molecule has 2 atom stereocenters. The van der Waals surface area contributed by atoms with Crippen LogP contribution in [0.25, 0.3) is 21.9 Å². The van der Waals surface area contributed by atoms with Crippen LogP contribution in [0.4, 0.5) is 17.1 Å². The molecule has 7 rings (SSSR count). The fourth-order valence-electron chi connectivity index (χ4n) is 6.66. The minimum Gasteiger partial charge on any atom is -0.310 e. The van der Waals surface area contributed by atoms with E-state index in [1.165, 1.54) is 52.4 Å². The second kappa shape index (κ2) is 9.15. The van der Waals surface area contributed by atoms with Gasteiger partial charge in [-0.05, 0) is 132 Å². The molecule has 2 unspecified atom stereocenters. The number of aryl methyl sites for hydroxylation is 1. The SMILES string of the molecule is Cc1cc(-c2cc(N(c3ccc(Br)cc3)c3ccc(Br)cc3)c3ccccc3c2)cc2c1C1CCC2C1. The van der Waals surface area contributed by atoms with E-state index >= 15 is 0 Å². The smallest absolute Gasteiger partial charge is 0.0546 e. The molecule has 0 saturated heterocycles. The standard InChI is InChI=1S/C34H27Br2N/c1-21-16-25(19-32-23-6-7-24(17-23)34(21)32)26-18-22-4-2-3-5-31(22)33(20-26)37(29-12-8-27(35)9-13-29)30-14-10-28(36)11-15-30/h2-5,8-16,18-20,23-24H,6-7,17H2,1H3. The molecule has 1 nitrogen and oxygen atoms in total. The summed E-state index contributed by atoms with van der Waals surface area (Å²) in [6, 6.07) is 35.7. The van der Waals surface area contributed by atoms with Crippen LogP contribution >= 0.6 is 31.9 Å². The van der Waals surface area contributed by atoms with E-state index in [1.807, 2.05) is 0 Å². The lowest BCUT2D eigenvalue weighted by Gasteiger charge is -2.28. The van der Waals surface area contributed by atoms with Crippen LogP contribution in [0.1, 0.15) is 47.8 Å². The zero-order valence-corrected chi connectivity index (χ0v) is 23.9. The molecule has 0 spiro atoms. The highest BCUT2D eigenvalue weighted by molar-refractivity contribution is 9.10. The van der Waals surface area contributed by atoms with Crippen LogP contribution in [0.5, 0.6) is 0 Å².